The zero-order valence-corrected chi connectivity index (χ0v) is 9.56. The molecule has 1 amide bonds. The standard InChI is InChI=1S/C10H9FN2O3S/c11-8-3-6(1-2-9(8)13(15)16)12-5-7(17)4-10(12)14/h1-3,7,17H,4-5H2. The number of carbonyl (C=O) groups is 1. The predicted molar refractivity (Wildman–Crippen MR) is 62.8 cm³/mol. The molecule has 1 aromatic carbocycles. The number of anilines is 1. The number of nitro benzene ring substituents is 1. The molecule has 5 nitrogen and oxygen atoms in total. The first-order valence-electron chi connectivity index (χ1n) is 4.91. The molecule has 1 fully saturated rings. The molecule has 1 heterocycles. The predicted octanol–water partition coefficient (Wildman–Crippen LogP) is 1.77. The molecule has 17 heavy (non-hydrogen) atoms. The Morgan fingerprint density at radius 1 is 1.53 bits per heavy atom. The molecule has 1 saturated heterocycles. The van der Waals surface area contributed by atoms with Crippen molar-refractivity contribution in [2.75, 3.05) is 11.4 Å². The van der Waals surface area contributed by atoms with Crippen molar-refractivity contribution in [3.8, 4) is 0 Å². The van der Waals surface area contributed by atoms with Crippen molar-refractivity contribution in [3.63, 3.8) is 0 Å². The number of halogens is 1. The number of hydrogen-bond donors (Lipinski definition) is 1. The van der Waals surface area contributed by atoms with Gasteiger partial charge in [0.15, 0.2) is 0 Å². The topological polar surface area (TPSA) is 63.5 Å². The smallest absolute Gasteiger partial charge is 0.304 e. The van der Waals surface area contributed by atoms with E-state index < -0.39 is 16.4 Å². The summed E-state index contributed by atoms with van der Waals surface area (Å²) in [5.41, 5.74) is -0.266. The highest BCUT2D eigenvalue weighted by atomic mass is 32.1. The van der Waals surface area contributed by atoms with Gasteiger partial charge in [0.2, 0.25) is 11.7 Å². The quantitative estimate of drug-likeness (QED) is 0.498. The van der Waals surface area contributed by atoms with E-state index in [2.05, 4.69) is 12.6 Å². The molecule has 2 rings (SSSR count). The number of nitrogens with zero attached hydrogens (tertiary/aromatic N) is 2. The number of rotatable bonds is 2. The molecule has 0 bridgehead atoms. The molecule has 0 spiro atoms. The first-order chi connectivity index (χ1) is 7.99. The van der Waals surface area contributed by atoms with Crippen molar-refractivity contribution in [2.45, 2.75) is 11.7 Å². The van der Waals surface area contributed by atoms with Gasteiger partial charge in [-0.1, -0.05) is 0 Å². The second-order valence-electron chi connectivity index (χ2n) is 3.76. The van der Waals surface area contributed by atoms with Crippen LogP contribution in [0.5, 0.6) is 0 Å². The van der Waals surface area contributed by atoms with Crippen molar-refractivity contribution in [2.24, 2.45) is 0 Å². The van der Waals surface area contributed by atoms with E-state index in [1.807, 2.05) is 0 Å². The van der Waals surface area contributed by atoms with Gasteiger partial charge < -0.3 is 4.90 Å². The molecule has 7 heteroatoms. The summed E-state index contributed by atoms with van der Waals surface area (Å²) < 4.78 is 13.4. The molecule has 90 valence electrons. The second kappa shape index (κ2) is 4.33. The van der Waals surface area contributed by atoms with Gasteiger partial charge in [-0.15, -0.1) is 0 Å². The Bertz CT molecular complexity index is 494. The fourth-order valence-corrected chi connectivity index (χ4v) is 2.07. The van der Waals surface area contributed by atoms with Gasteiger partial charge in [-0.3, -0.25) is 14.9 Å². The Balaban J connectivity index is 2.32. The lowest BCUT2D eigenvalue weighted by atomic mass is 10.2. The SMILES string of the molecule is O=C1CC(S)CN1c1ccc([N+](=O)[O-])c(F)c1. The van der Waals surface area contributed by atoms with Crippen LogP contribution in [0.4, 0.5) is 15.8 Å². The average molecular weight is 256 g/mol. The fraction of sp³-hybridized carbons (Fsp3) is 0.300. The lowest BCUT2D eigenvalue weighted by Crippen LogP contribution is -2.24. The third kappa shape index (κ3) is 2.23. The molecule has 1 aliphatic rings. The van der Waals surface area contributed by atoms with Crippen molar-refractivity contribution in [1.82, 2.24) is 0 Å². The van der Waals surface area contributed by atoms with E-state index in [-0.39, 0.29) is 11.2 Å². The summed E-state index contributed by atoms with van der Waals surface area (Å²) in [5.74, 6) is -1.10. The van der Waals surface area contributed by atoms with Crippen molar-refractivity contribution in [1.29, 1.82) is 0 Å². The van der Waals surface area contributed by atoms with Crippen LogP contribution in [0.25, 0.3) is 0 Å². The minimum Gasteiger partial charge on any atom is -0.311 e. The summed E-state index contributed by atoms with van der Waals surface area (Å²) >= 11 is 4.18. The Morgan fingerprint density at radius 3 is 2.71 bits per heavy atom. The summed E-state index contributed by atoms with van der Waals surface area (Å²) in [7, 11) is 0. The molecule has 0 N–H and O–H groups in total. The van der Waals surface area contributed by atoms with Crippen LogP contribution in [0.3, 0.4) is 0 Å². The Morgan fingerprint density at radius 2 is 2.24 bits per heavy atom. The number of hydrogen-bond acceptors (Lipinski definition) is 4. The second-order valence-corrected chi connectivity index (χ2v) is 4.49. The summed E-state index contributed by atoms with van der Waals surface area (Å²) in [5, 5.41) is 10.4. The largest absolute Gasteiger partial charge is 0.311 e. The molecule has 1 aliphatic heterocycles. The molecule has 0 aliphatic carbocycles. The summed E-state index contributed by atoms with van der Waals surface area (Å²) in [6.45, 7) is 0.388. The Hall–Kier alpha value is -1.63. The van der Waals surface area contributed by atoms with Gasteiger partial charge in [0.05, 0.1) is 4.92 Å². The third-order valence-corrected chi connectivity index (χ3v) is 2.89. The van der Waals surface area contributed by atoms with Gasteiger partial charge in [0.1, 0.15) is 0 Å². The molecule has 1 aromatic rings. The number of amides is 1. The lowest BCUT2D eigenvalue weighted by Gasteiger charge is -2.15. The Kier molecular flexibility index (Phi) is 3.01. The highest BCUT2D eigenvalue weighted by Gasteiger charge is 2.29. The van der Waals surface area contributed by atoms with E-state index in [4.69, 9.17) is 0 Å². The van der Waals surface area contributed by atoms with Crippen LogP contribution < -0.4 is 4.90 Å². The van der Waals surface area contributed by atoms with Gasteiger partial charge in [0.25, 0.3) is 0 Å². The van der Waals surface area contributed by atoms with E-state index >= 15 is 0 Å². The number of carbonyl (C=O) groups excluding carboxylic acids is 1. The fourth-order valence-electron chi connectivity index (χ4n) is 1.75. The normalized spacial score (nSPS) is 19.8. The van der Waals surface area contributed by atoms with Crippen LogP contribution in [-0.2, 0) is 4.79 Å². The maximum Gasteiger partial charge on any atom is 0.304 e. The molecule has 1 atom stereocenters. The number of benzene rings is 1. The monoisotopic (exact) mass is 256 g/mol. The first kappa shape index (κ1) is 11.8. The van der Waals surface area contributed by atoms with E-state index in [0.29, 0.717) is 18.7 Å². The average Bonchev–Trinajstić information content (AvgIpc) is 2.57. The molecule has 0 aromatic heterocycles. The van der Waals surface area contributed by atoms with Gasteiger partial charge >= 0.3 is 5.69 Å². The zero-order valence-electron chi connectivity index (χ0n) is 8.67. The Labute approximate surface area is 102 Å². The van der Waals surface area contributed by atoms with Crippen LogP contribution in [0.15, 0.2) is 18.2 Å². The highest BCUT2D eigenvalue weighted by Crippen LogP contribution is 2.27. The van der Waals surface area contributed by atoms with Gasteiger partial charge in [-0.05, 0) is 6.07 Å². The van der Waals surface area contributed by atoms with Crippen molar-refractivity contribution in [3.05, 3.63) is 34.1 Å². The van der Waals surface area contributed by atoms with Gasteiger partial charge in [0, 0.05) is 36.0 Å². The number of nitro groups is 1. The van der Waals surface area contributed by atoms with Crippen LogP contribution in [0, 0.1) is 15.9 Å². The molecular weight excluding hydrogens is 247 g/mol. The van der Waals surface area contributed by atoms with E-state index in [9.17, 15) is 19.3 Å². The van der Waals surface area contributed by atoms with E-state index in [0.717, 1.165) is 12.1 Å². The molecular formula is C10H9FN2O3S. The summed E-state index contributed by atoms with van der Waals surface area (Å²) in [6, 6.07) is 3.43. The van der Waals surface area contributed by atoms with E-state index in [1.165, 1.54) is 11.0 Å². The number of thiol groups is 1. The maximum absolute atomic E-state index is 13.4. The zero-order chi connectivity index (χ0) is 12.6. The minimum absolute atomic E-state index is 0.0826. The summed E-state index contributed by atoms with van der Waals surface area (Å²) in [4.78, 5) is 22.6. The van der Waals surface area contributed by atoms with Crippen molar-refractivity contribution >= 4 is 29.9 Å². The molecule has 1 unspecified atom stereocenters. The van der Waals surface area contributed by atoms with Crippen LogP contribution >= 0.6 is 12.6 Å². The van der Waals surface area contributed by atoms with Crippen LogP contribution in [0.1, 0.15) is 6.42 Å². The van der Waals surface area contributed by atoms with Crippen molar-refractivity contribution < 1.29 is 14.1 Å². The van der Waals surface area contributed by atoms with Crippen LogP contribution in [0.2, 0.25) is 0 Å². The first-order valence-corrected chi connectivity index (χ1v) is 5.43. The van der Waals surface area contributed by atoms with Crippen LogP contribution in [-0.4, -0.2) is 22.6 Å². The van der Waals surface area contributed by atoms with Gasteiger partial charge in [-0.25, -0.2) is 0 Å². The van der Waals surface area contributed by atoms with E-state index in [1.54, 1.807) is 0 Å². The minimum atomic E-state index is -0.942. The highest BCUT2D eigenvalue weighted by molar-refractivity contribution is 7.81. The molecule has 0 radical (unpaired) electrons. The maximum atomic E-state index is 13.4. The third-order valence-electron chi connectivity index (χ3n) is 2.54. The van der Waals surface area contributed by atoms with Gasteiger partial charge in [-0.2, -0.15) is 17.0 Å². The summed E-state index contributed by atoms with van der Waals surface area (Å²) in [6.07, 6.45) is 0.293. The molecule has 0 saturated carbocycles. The lowest BCUT2D eigenvalue weighted by molar-refractivity contribution is -0.387.